The topological polar surface area (TPSA) is 126 Å². The Morgan fingerprint density at radius 2 is 1.69 bits per heavy atom. The zero-order valence-corrected chi connectivity index (χ0v) is 24.3. The number of methoxy groups -OCH3 is 3. The van der Waals surface area contributed by atoms with E-state index >= 15 is 0 Å². The molecule has 2 aliphatic heterocycles. The molecule has 2 aromatic carbocycles. The Labute approximate surface area is 251 Å². The van der Waals surface area contributed by atoms with Gasteiger partial charge in [-0.2, -0.15) is 0 Å². The first-order valence-corrected chi connectivity index (χ1v) is 13.7. The number of pyridine rings is 1. The van der Waals surface area contributed by atoms with Gasteiger partial charge in [-0.15, -0.1) is 0 Å². The molecule has 42 heavy (non-hydrogen) atoms. The molecule has 1 aliphatic carbocycles. The highest BCUT2D eigenvalue weighted by atomic mass is 35.5. The Morgan fingerprint density at radius 3 is 2.31 bits per heavy atom. The van der Waals surface area contributed by atoms with Gasteiger partial charge in [0.05, 0.1) is 45.5 Å². The third-order valence-electron chi connectivity index (χ3n) is 7.74. The van der Waals surface area contributed by atoms with Crippen LogP contribution in [0.3, 0.4) is 0 Å². The third-order valence-corrected chi connectivity index (χ3v) is 8.18. The highest BCUT2D eigenvalue weighted by Gasteiger charge is 2.53. The van der Waals surface area contributed by atoms with E-state index in [9.17, 15) is 9.59 Å². The molecular formula is C29H26ClN3O8S. The average molecular weight is 612 g/mol. The van der Waals surface area contributed by atoms with Gasteiger partial charge in [0.15, 0.2) is 28.1 Å². The van der Waals surface area contributed by atoms with Gasteiger partial charge in [0.25, 0.3) is 5.91 Å². The van der Waals surface area contributed by atoms with Crippen LogP contribution in [0, 0.1) is 11.8 Å². The summed E-state index contributed by atoms with van der Waals surface area (Å²) in [5, 5.41) is 6.30. The van der Waals surface area contributed by atoms with Crippen LogP contribution in [-0.2, 0) is 9.53 Å². The van der Waals surface area contributed by atoms with E-state index < -0.39 is 23.8 Å². The number of thiocarbonyl (C=S) groups is 1. The lowest BCUT2D eigenvalue weighted by molar-refractivity contribution is -0.141. The Hall–Kier alpha value is -4.29. The van der Waals surface area contributed by atoms with Crippen LogP contribution in [0.5, 0.6) is 28.7 Å². The standard InChI is InChI=1S/C29H26ClN3O8S/c1-36-20-6-14(7-21(37-2)26(20)38-3)23-15-8-18-19(41-12-40-18)9-16(15)25(17-11-39-28(35)24(17)23)32-29(42)33-27(34)13-4-5-22(30)31-10-13/h4-10,17,23-25H,11-12H2,1-3H3,(H2,32,33,34,42)/t17-,23+,24-,25+/m0/s1. The zero-order valence-electron chi connectivity index (χ0n) is 22.8. The van der Waals surface area contributed by atoms with Crippen LogP contribution >= 0.6 is 23.8 Å². The van der Waals surface area contributed by atoms with Crippen LogP contribution in [0.2, 0.25) is 5.15 Å². The number of nitrogens with zero attached hydrogens (tertiary/aromatic N) is 1. The van der Waals surface area contributed by atoms with Gasteiger partial charge < -0.3 is 33.7 Å². The number of rotatable bonds is 6. The van der Waals surface area contributed by atoms with Crippen LogP contribution in [0.15, 0.2) is 42.6 Å². The molecule has 2 N–H and O–H groups in total. The fourth-order valence-corrected chi connectivity index (χ4v) is 6.22. The second kappa shape index (κ2) is 11.2. The highest BCUT2D eigenvalue weighted by molar-refractivity contribution is 7.80. The van der Waals surface area contributed by atoms with Gasteiger partial charge in [0, 0.05) is 18.0 Å². The highest BCUT2D eigenvalue weighted by Crippen LogP contribution is 2.55. The quantitative estimate of drug-likeness (QED) is 0.240. The minimum Gasteiger partial charge on any atom is -0.493 e. The molecule has 1 saturated heterocycles. The molecule has 11 nitrogen and oxygen atoms in total. The Bertz CT molecular complexity index is 1560. The van der Waals surface area contributed by atoms with Gasteiger partial charge in [-0.05, 0) is 65.3 Å². The van der Waals surface area contributed by atoms with E-state index in [4.69, 9.17) is 52.2 Å². The molecular weight excluding hydrogens is 586 g/mol. The SMILES string of the molecule is COc1cc([C@@H]2c3cc4c(cc3[C@@H](NC(=S)NC(=O)c3ccc(Cl)nc3)[C@H]3COC(=O)[C@H]23)OCO4)cc(OC)c1OC. The van der Waals surface area contributed by atoms with Gasteiger partial charge in [-0.1, -0.05) is 11.6 Å². The van der Waals surface area contributed by atoms with Crippen molar-refractivity contribution in [1.82, 2.24) is 15.6 Å². The van der Waals surface area contributed by atoms with Gasteiger partial charge >= 0.3 is 5.97 Å². The van der Waals surface area contributed by atoms with Crippen molar-refractivity contribution in [2.24, 2.45) is 11.8 Å². The number of aromatic nitrogens is 1. The largest absolute Gasteiger partial charge is 0.493 e. The molecule has 0 spiro atoms. The predicted molar refractivity (Wildman–Crippen MR) is 154 cm³/mol. The predicted octanol–water partition coefficient (Wildman–Crippen LogP) is 3.77. The molecule has 3 heterocycles. The molecule has 4 atom stereocenters. The number of hydrogen-bond acceptors (Lipinski definition) is 10. The molecule has 3 aromatic rings. The van der Waals surface area contributed by atoms with E-state index in [2.05, 4.69) is 15.6 Å². The van der Waals surface area contributed by atoms with E-state index in [0.717, 1.165) is 16.7 Å². The summed E-state index contributed by atoms with van der Waals surface area (Å²) in [6.45, 7) is 0.220. The van der Waals surface area contributed by atoms with E-state index in [1.807, 2.05) is 24.3 Å². The number of halogens is 1. The maximum absolute atomic E-state index is 13.4. The molecule has 1 fully saturated rings. The van der Waals surface area contributed by atoms with Crippen LogP contribution in [-0.4, -0.2) is 56.7 Å². The van der Waals surface area contributed by atoms with Crippen LogP contribution in [0.25, 0.3) is 0 Å². The van der Waals surface area contributed by atoms with E-state index in [0.29, 0.717) is 28.7 Å². The van der Waals surface area contributed by atoms with Gasteiger partial charge in [-0.25, -0.2) is 4.98 Å². The van der Waals surface area contributed by atoms with Gasteiger partial charge in [-0.3, -0.25) is 14.9 Å². The van der Waals surface area contributed by atoms with Crippen molar-refractivity contribution in [2.75, 3.05) is 34.7 Å². The monoisotopic (exact) mass is 611 g/mol. The van der Waals surface area contributed by atoms with Crippen molar-refractivity contribution in [3.8, 4) is 28.7 Å². The van der Waals surface area contributed by atoms with Gasteiger partial charge in [0.1, 0.15) is 5.15 Å². The second-order valence-corrected chi connectivity index (χ2v) is 10.7. The number of ether oxygens (including phenoxy) is 6. The van der Waals surface area contributed by atoms with Crippen molar-refractivity contribution < 1.29 is 38.0 Å². The van der Waals surface area contributed by atoms with Crippen molar-refractivity contribution >= 4 is 40.8 Å². The minimum absolute atomic E-state index is 0.0731. The summed E-state index contributed by atoms with van der Waals surface area (Å²) in [6, 6.07) is 9.99. The van der Waals surface area contributed by atoms with E-state index in [1.54, 1.807) is 6.07 Å². The van der Waals surface area contributed by atoms with Crippen LogP contribution in [0.4, 0.5) is 0 Å². The zero-order chi connectivity index (χ0) is 29.5. The normalized spacial score (nSPS) is 21.5. The maximum Gasteiger partial charge on any atom is 0.310 e. The molecule has 0 bridgehead atoms. The first kappa shape index (κ1) is 27.9. The molecule has 0 unspecified atom stereocenters. The summed E-state index contributed by atoms with van der Waals surface area (Å²) in [5.41, 5.74) is 2.68. The molecule has 218 valence electrons. The summed E-state index contributed by atoms with van der Waals surface area (Å²) in [4.78, 5) is 30.1. The number of fused-ring (bicyclic) bond motifs is 3. The van der Waals surface area contributed by atoms with Gasteiger partial charge in [0.2, 0.25) is 12.5 Å². The number of nitrogens with one attached hydrogen (secondary N) is 2. The lowest BCUT2D eigenvalue weighted by Gasteiger charge is -2.40. The van der Waals surface area contributed by atoms with Crippen molar-refractivity contribution in [2.45, 2.75) is 12.0 Å². The van der Waals surface area contributed by atoms with Crippen LogP contribution in [0.1, 0.15) is 39.0 Å². The van der Waals surface area contributed by atoms with E-state index in [-0.39, 0.29) is 41.1 Å². The fraction of sp³-hybridized carbons (Fsp3) is 0.310. The second-order valence-electron chi connectivity index (χ2n) is 9.87. The van der Waals surface area contributed by atoms with Crippen LogP contribution < -0.4 is 34.3 Å². The molecule has 0 radical (unpaired) electrons. The number of cyclic esters (lactones) is 1. The minimum atomic E-state index is -0.600. The fourth-order valence-electron chi connectivity index (χ4n) is 5.89. The number of esters is 1. The molecule has 1 amide bonds. The first-order valence-electron chi connectivity index (χ1n) is 13.0. The van der Waals surface area contributed by atoms with Crippen molar-refractivity contribution in [1.29, 1.82) is 0 Å². The summed E-state index contributed by atoms with van der Waals surface area (Å²) in [6.07, 6.45) is 1.36. The lowest BCUT2D eigenvalue weighted by Crippen LogP contribution is -2.47. The summed E-state index contributed by atoms with van der Waals surface area (Å²) >= 11 is 11.4. The number of amides is 1. The molecule has 6 rings (SSSR count). The van der Waals surface area contributed by atoms with E-state index in [1.165, 1.54) is 33.6 Å². The lowest BCUT2D eigenvalue weighted by atomic mass is 9.65. The number of hydrogen-bond donors (Lipinski definition) is 2. The Balaban J connectivity index is 1.42. The van der Waals surface area contributed by atoms with Crippen molar-refractivity contribution in [3.63, 3.8) is 0 Å². The Morgan fingerprint density at radius 1 is 1.00 bits per heavy atom. The maximum atomic E-state index is 13.4. The Kier molecular flexibility index (Phi) is 7.42. The first-order chi connectivity index (χ1) is 20.3. The molecule has 13 heteroatoms. The average Bonchev–Trinajstić information content (AvgIpc) is 3.61. The summed E-state index contributed by atoms with van der Waals surface area (Å²) in [5.74, 6) is 0.266. The third kappa shape index (κ3) is 4.80. The smallest absolute Gasteiger partial charge is 0.310 e. The number of carbonyl (C=O) groups is 2. The summed E-state index contributed by atoms with van der Waals surface area (Å²) < 4.78 is 33.8. The number of benzene rings is 2. The van der Waals surface area contributed by atoms with Crippen molar-refractivity contribution in [3.05, 3.63) is 70.0 Å². The number of carbonyl (C=O) groups excluding carboxylic acids is 2. The summed E-state index contributed by atoms with van der Waals surface area (Å²) in [7, 11) is 4.61. The molecule has 3 aliphatic rings. The molecule has 1 aromatic heterocycles. The molecule has 0 saturated carbocycles.